The molecular weight excluding hydrogens is 291 g/mol. The fourth-order valence-corrected chi connectivity index (χ4v) is 3.78. The van der Waals surface area contributed by atoms with Crippen LogP contribution < -0.4 is 4.90 Å². The SMILES string of the molecule is CC1CCCN1C1CCN(c2ncccc2C(F)(F)F)CC1. The lowest BCUT2D eigenvalue weighted by atomic mass is 10.0. The molecule has 3 nitrogen and oxygen atoms in total. The largest absolute Gasteiger partial charge is 0.419 e. The fourth-order valence-electron chi connectivity index (χ4n) is 3.78. The Bertz CT molecular complexity index is 510. The van der Waals surface area contributed by atoms with Crippen LogP contribution in [0.15, 0.2) is 18.3 Å². The number of hydrogen-bond donors (Lipinski definition) is 0. The highest BCUT2D eigenvalue weighted by atomic mass is 19.4. The molecule has 0 N–H and O–H groups in total. The van der Waals surface area contributed by atoms with Gasteiger partial charge in [-0.25, -0.2) is 4.98 Å². The van der Waals surface area contributed by atoms with Crippen molar-refractivity contribution in [2.24, 2.45) is 0 Å². The zero-order chi connectivity index (χ0) is 15.7. The van der Waals surface area contributed by atoms with Crippen LogP contribution in [0.3, 0.4) is 0 Å². The van der Waals surface area contributed by atoms with Gasteiger partial charge in [-0.2, -0.15) is 13.2 Å². The number of alkyl halides is 3. The zero-order valence-electron chi connectivity index (χ0n) is 12.8. The van der Waals surface area contributed by atoms with Crippen LogP contribution in [-0.2, 0) is 6.18 Å². The molecule has 0 saturated carbocycles. The van der Waals surface area contributed by atoms with Crippen molar-refractivity contribution >= 4 is 5.82 Å². The highest BCUT2D eigenvalue weighted by Gasteiger charge is 2.37. The van der Waals surface area contributed by atoms with Crippen molar-refractivity contribution in [3.63, 3.8) is 0 Å². The van der Waals surface area contributed by atoms with E-state index in [0.717, 1.165) is 25.5 Å². The third-order valence-electron chi connectivity index (χ3n) is 4.93. The molecule has 0 amide bonds. The Kier molecular flexibility index (Phi) is 4.30. The Labute approximate surface area is 129 Å². The van der Waals surface area contributed by atoms with Gasteiger partial charge in [0.2, 0.25) is 0 Å². The maximum Gasteiger partial charge on any atom is 0.419 e. The van der Waals surface area contributed by atoms with E-state index in [0.29, 0.717) is 25.2 Å². The first kappa shape index (κ1) is 15.6. The highest BCUT2D eigenvalue weighted by Crippen LogP contribution is 2.36. The predicted octanol–water partition coefficient (Wildman–Crippen LogP) is 3.55. The second-order valence-electron chi connectivity index (χ2n) is 6.32. The van der Waals surface area contributed by atoms with Crippen LogP contribution in [0.1, 0.15) is 38.2 Å². The number of rotatable bonds is 2. The molecule has 3 rings (SSSR count). The molecule has 2 aliphatic rings. The summed E-state index contributed by atoms with van der Waals surface area (Å²) in [6, 6.07) is 3.59. The minimum absolute atomic E-state index is 0.0860. The summed E-state index contributed by atoms with van der Waals surface area (Å²) in [6.07, 6.45) is 1.40. The summed E-state index contributed by atoms with van der Waals surface area (Å²) in [4.78, 5) is 8.32. The Morgan fingerprint density at radius 2 is 1.86 bits per heavy atom. The average Bonchev–Trinajstić information content (AvgIpc) is 2.93. The molecule has 1 aromatic rings. The second kappa shape index (κ2) is 6.07. The van der Waals surface area contributed by atoms with E-state index in [-0.39, 0.29) is 5.82 Å². The van der Waals surface area contributed by atoms with Gasteiger partial charge in [0.25, 0.3) is 0 Å². The molecule has 0 radical (unpaired) electrons. The molecular formula is C16H22F3N3. The number of aromatic nitrogens is 1. The van der Waals surface area contributed by atoms with Gasteiger partial charge in [0.15, 0.2) is 0 Å². The van der Waals surface area contributed by atoms with E-state index in [2.05, 4.69) is 16.8 Å². The molecule has 1 unspecified atom stereocenters. The van der Waals surface area contributed by atoms with Gasteiger partial charge in [-0.15, -0.1) is 0 Å². The van der Waals surface area contributed by atoms with E-state index in [1.165, 1.54) is 25.1 Å². The second-order valence-corrected chi connectivity index (χ2v) is 6.32. The summed E-state index contributed by atoms with van der Waals surface area (Å²) in [5.41, 5.74) is -0.622. The lowest BCUT2D eigenvalue weighted by molar-refractivity contribution is -0.137. The Hall–Kier alpha value is -1.30. The van der Waals surface area contributed by atoms with Gasteiger partial charge < -0.3 is 4.90 Å². The van der Waals surface area contributed by atoms with Gasteiger partial charge >= 0.3 is 6.18 Å². The quantitative estimate of drug-likeness (QED) is 0.832. The van der Waals surface area contributed by atoms with Crippen LogP contribution in [-0.4, -0.2) is 41.6 Å². The lowest BCUT2D eigenvalue weighted by Gasteiger charge is -2.39. The van der Waals surface area contributed by atoms with Crippen LogP contribution in [0.25, 0.3) is 0 Å². The smallest absolute Gasteiger partial charge is 0.356 e. The zero-order valence-corrected chi connectivity index (χ0v) is 12.8. The number of likely N-dealkylation sites (tertiary alicyclic amines) is 1. The third kappa shape index (κ3) is 3.07. The third-order valence-corrected chi connectivity index (χ3v) is 4.93. The Balaban J connectivity index is 1.69. The van der Waals surface area contributed by atoms with E-state index < -0.39 is 11.7 Å². The van der Waals surface area contributed by atoms with Crippen molar-refractivity contribution in [3.8, 4) is 0 Å². The molecule has 6 heteroatoms. The molecule has 22 heavy (non-hydrogen) atoms. The van der Waals surface area contributed by atoms with Crippen LogP contribution in [0.5, 0.6) is 0 Å². The topological polar surface area (TPSA) is 19.4 Å². The predicted molar refractivity (Wildman–Crippen MR) is 79.9 cm³/mol. The van der Waals surface area contributed by atoms with E-state index in [1.807, 2.05) is 0 Å². The molecule has 0 aliphatic carbocycles. The van der Waals surface area contributed by atoms with Crippen molar-refractivity contribution in [1.29, 1.82) is 0 Å². The first-order valence-corrected chi connectivity index (χ1v) is 7.99. The number of piperidine rings is 1. The molecule has 1 aromatic heterocycles. The van der Waals surface area contributed by atoms with Crippen molar-refractivity contribution < 1.29 is 13.2 Å². The average molecular weight is 313 g/mol. The first-order chi connectivity index (χ1) is 10.5. The summed E-state index contributed by atoms with van der Waals surface area (Å²) in [5.74, 6) is 0.0860. The summed E-state index contributed by atoms with van der Waals surface area (Å²) >= 11 is 0. The van der Waals surface area contributed by atoms with Gasteiger partial charge in [0, 0.05) is 31.4 Å². The van der Waals surface area contributed by atoms with E-state index in [4.69, 9.17) is 0 Å². The minimum Gasteiger partial charge on any atom is -0.356 e. The summed E-state index contributed by atoms with van der Waals surface area (Å²) in [7, 11) is 0. The molecule has 122 valence electrons. The number of halogens is 3. The van der Waals surface area contributed by atoms with Crippen molar-refractivity contribution in [3.05, 3.63) is 23.9 Å². The first-order valence-electron chi connectivity index (χ1n) is 7.99. The molecule has 1 atom stereocenters. The number of pyridine rings is 1. The van der Waals surface area contributed by atoms with Crippen LogP contribution in [0.2, 0.25) is 0 Å². The maximum atomic E-state index is 13.1. The summed E-state index contributed by atoms with van der Waals surface area (Å²) < 4.78 is 39.3. The van der Waals surface area contributed by atoms with Crippen LogP contribution >= 0.6 is 0 Å². The fraction of sp³-hybridized carbons (Fsp3) is 0.688. The molecule has 0 bridgehead atoms. The normalized spacial score (nSPS) is 24.9. The maximum absolute atomic E-state index is 13.1. The Morgan fingerprint density at radius 1 is 1.14 bits per heavy atom. The monoisotopic (exact) mass is 313 g/mol. The molecule has 3 heterocycles. The molecule has 2 saturated heterocycles. The molecule has 0 aromatic carbocycles. The van der Waals surface area contributed by atoms with Crippen molar-refractivity contribution in [2.45, 2.75) is 50.9 Å². The van der Waals surface area contributed by atoms with Crippen LogP contribution in [0.4, 0.5) is 19.0 Å². The van der Waals surface area contributed by atoms with Gasteiger partial charge in [-0.3, -0.25) is 4.90 Å². The van der Waals surface area contributed by atoms with Gasteiger partial charge in [-0.1, -0.05) is 0 Å². The van der Waals surface area contributed by atoms with Gasteiger partial charge in [0.1, 0.15) is 5.82 Å². The van der Waals surface area contributed by atoms with Gasteiger partial charge in [0.05, 0.1) is 5.56 Å². The molecule has 2 aliphatic heterocycles. The lowest BCUT2D eigenvalue weighted by Crippen LogP contribution is -2.46. The summed E-state index contributed by atoms with van der Waals surface area (Å²) in [5, 5.41) is 0. The molecule has 2 fully saturated rings. The van der Waals surface area contributed by atoms with E-state index in [9.17, 15) is 13.2 Å². The van der Waals surface area contributed by atoms with Crippen molar-refractivity contribution in [1.82, 2.24) is 9.88 Å². The van der Waals surface area contributed by atoms with Crippen LogP contribution in [0, 0.1) is 0 Å². The standard InChI is InChI=1S/C16H22F3N3/c1-12-4-3-9-22(12)13-6-10-21(11-7-13)15-14(16(17,18)19)5-2-8-20-15/h2,5,8,12-13H,3-4,6-7,9-11H2,1H3. The Morgan fingerprint density at radius 3 is 2.45 bits per heavy atom. The number of anilines is 1. The van der Waals surface area contributed by atoms with E-state index >= 15 is 0 Å². The van der Waals surface area contributed by atoms with Crippen molar-refractivity contribution in [2.75, 3.05) is 24.5 Å². The number of nitrogens with zero attached hydrogens (tertiary/aromatic N) is 3. The minimum atomic E-state index is -4.34. The summed E-state index contributed by atoms with van der Waals surface area (Å²) in [6.45, 7) is 4.67. The number of hydrogen-bond acceptors (Lipinski definition) is 3. The van der Waals surface area contributed by atoms with Gasteiger partial charge in [-0.05, 0) is 51.3 Å². The highest BCUT2D eigenvalue weighted by molar-refractivity contribution is 5.48. The van der Waals surface area contributed by atoms with E-state index in [1.54, 1.807) is 4.90 Å². The molecule has 0 spiro atoms.